The molecule has 0 aliphatic carbocycles. The van der Waals surface area contributed by atoms with E-state index in [9.17, 15) is 5.26 Å². The maximum Gasteiger partial charge on any atom is 0.321 e. The van der Waals surface area contributed by atoms with E-state index in [1.807, 2.05) is 19.2 Å². The number of benzene rings is 1. The Morgan fingerprint density at radius 1 is 1.29 bits per heavy atom. The van der Waals surface area contributed by atoms with Gasteiger partial charge in [-0.2, -0.15) is 20.3 Å². The number of halogens is 1. The molecule has 2 N–H and O–H groups in total. The number of nitrogens with zero attached hydrogens (tertiary/aromatic N) is 6. The number of hydrogen-bond donors (Lipinski definition) is 2. The standard InChI is InChI=1S/C27H33ClN8O2/c1-16-12-21-20(13-31-34-21)23(24(16)28)22-6-5-19-25(36-11-9-30-17(14-36)7-8-29)32-27(33-26(19)38-22)37-15-18-4-3-10-35(18)2/h12-13,17-18,22,30H,3-7,9-11,14-15H2,1-2H3,(H,31,34)/t17-,18-,22?/m0/s1. The van der Waals surface area contributed by atoms with E-state index in [1.54, 1.807) is 0 Å². The first-order valence-electron chi connectivity index (χ1n) is 13.4. The van der Waals surface area contributed by atoms with Crippen LogP contribution in [-0.4, -0.2) is 77.0 Å². The van der Waals surface area contributed by atoms with Crippen LogP contribution in [-0.2, 0) is 6.42 Å². The van der Waals surface area contributed by atoms with Gasteiger partial charge in [0.25, 0.3) is 0 Å². The molecule has 6 rings (SSSR count). The van der Waals surface area contributed by atoms with Crippen LogP contribution in [0.5, 0.6) is 11.9 Å². The predicted molar refractivity (Wildman–Crippen MR) is 145 cm³/mol. The minimum Gasteiger partial charge on any atom is -0.469 e. The number of aryl methyl sites for hydroxylation is 1. The molecule has 2 aromatic heterocycles. The topological polar surface area (TPSA) is 115 Å². The summed E-state index contributed by atoms with van der Waals surface area (Å²) in [6.45, 7) is 5.89. The van der Waals surface area contributed by atoms with Crippen molar-refractivity contribution in [3.05, 3.63) is 34.0 Å². The smallest absolute Gasteiger partial charge is 0.321 e. The molecular formula is C27H33ClN8O2. The minimum absolute atomic E-state index is 0.0913. The molecule has 0 radical (unpaired) electrons. The van der Waals surface area contributed by atoms with E-state index in [4.69, 9.17) is 31.0 Å². The minimum atomic E-state index is -0.263. The Morgan fingerprint density at radius 3 is 3.00 bits per heavy atom. The maximum atomic E-state index is 9.25. The van der Waals surface area contributed by atoms with Crippen LogP contribution < -0.4 is 19.7 Å². The molecule has 200 valence electrons. The molecule has 2 saturated heterocycles. The second-order valence-electron chi connectivity index (χ2n) is 10.6. The van der Waals surface area contributed by atoms with Crippen molar-refractivity contribution in [3.8, 4) is 18.0 Å². The van der Waals surface area contributed by atoms with Crippen LogP contribution in [0.3, 0.4) is 0 Å². The van der Waals surface area contributed by atoms with Crippen molar-refractivity contribution in [2.45, 2.75) is 57.2 Å². The van der Waals surface area contributed by atoms with Crippen molar-refractivity contribution in [2.75, 3.05) is 44.7 Å². The summed E-state index contributed by atoms with van der Waals surface area (Å²) < 4.78 is 12.8. The van der Waals surface area contributed by atoms with Gasteiger partial charge in [0.05, 0.1) is 34.8 Å². The fourth-order valence-electron chi connectivity index (χ4n) is 5.92. The molecule has 3 aromatic rings. The van der Waals surface area contributed by atoms with Gasteiger partial charge < -0.3 is 24.6 Å². The molecule has 1 aromatic carbocycles. The summed E-state index contributed by atoms with van der Waals surface area (Å²) in [6.07, 6.45) is 5.76. The lowest BCUT2D eigenvalue weighted by molar-refractivity contribution is 0.158. The molecule has 11 heteroatoms. The van der Waals surface area contributed by atoms with Gasteiger partial charge in [-0.25, -0.2) is 0 Å². The third-order valence-electron chi connectivity index (χ3n) is 8.03. The Morgan fingerprint density at radius 2 is 2.18 bits per heavy atom. The number of likely N-dealkylation sites (tertiary alicyclic amines) is 1. The number of nitrogens with one attached hydrogen (secondary N) is 2. The van der Waals surface area contributed by atoms with Gasteiger partial charge in [-0.05, 0) is 57.8 Å². The van der Waals surface area contributed by atoms with Gasteiger partial charge in [-0.3, -0.25) is 5.10 Å². The average Bonchev–Trinajstić information content (AvgIpc) is 3.56. The van der Waals surface area contributed by atoms with E-state index >= 15 is 0 Å². The number of aromatic amines is 1. The number of ether oxygens (including phenoxy) is 2. The summed E-state index contributed by atoms with van der Waals surface area (Å²) in [5.41, 5.74) is 3.84. The Bertz CT molecular complexity index is 1370. The van der Waals surface area contributed by atoms with Crippen LogP contribution in [0.4, 0.5) is 5.82 Å². The molecule has 0 saturated carbocycles. The summed E-state index contributed by atoms with van der Waals surface area (Å²) in [6, 6.07) is 5.08. The van der Waals surface area contributed by atoms with Crippen molar-refractivity contribution >= 4 is 28.3 Å². The molecule has 3 aliphatic rings. The second-order valence-corrected chi connectivity index (χ2v) is 10.9. The number of H-pyrrole nitrogens is 1. The zero-order valence-electron chi connectivity index (χ0n) is 21.8. The Hall–Kier alpha value is -3.13. The number of hydrogen-bond acceptors (Lipinski definition) is 9. The molecule has 5 heterocycles. The number of piperazine rings is 1. The summed E-state index contributed by atoms with van der Waals surface area (Å²) in [4.78, 5) is 14.2. The summed E-state index contributed by atoms with van der Waals surface area (Å²) in [5, 5.41) is 21.6. The predicted octanol–water partition coefficient (Wildman–Crippen LogP) is 3.55. The van der Waals surface area contributed by atoms with Gasteiger partial charge in [-0.15, -0.1) is 0 Å². The third kappa shape index (κ3) is 4.75. The normalized spacial score (nSPS) is 23.7. The van der Waals surface area contributed by atoms with Crippen LogP contribution in [0.25, 0.3) is 10.9 Å². The lowest BCUT2D eigenvalue weighted by Crippen LogP contribution is -2.51. The van der Waals surface area contributed by atoms with Crippen LogP contribution in [0, 0.1) is 18.3 Å². The quantitative estimate of drug-likeness (QED) is 0.488. The first-order valence-corrected chi connectivity index (χ1v) is 13.8. The highest BCUT2D eigenvalue weighted by Crippen LogP contribution is 2.43. The molecule has 2 fully saturated rings. The lowest BCUT2D eigenvalue weighted by Gasteiger charge is -2.36. The van der Waals surface area contributed by atoms with Gasteiger partial charge >= 0.3 is 6.01 Å². The van der Waals surface area contributed by atoms with Crippen molar-refractivity contribution in [2.24, 2.45) is 0 Å². The van der Waals surface area contributed by atoms with Crippen molar-refractivity contribution < 1.29 is 9.47 Å². The SMILES string of the molecule is Cc1cc2[nH]ncc2c(C2CCc3c(nc(OC[C@@H]4CCCN4C)nc3N3CCN[C@@H](CC#N)C3)O2)c1Cl. The number of rotatable bonds is 6. The number of nitriles is 1. The molecular weight excluding hydrogens is 504 g/mol. The van der Waals surface area contributed by atoms with Crippen LogP contribution in [0.2, 0.25) is 5.02 Å². The van der Waals surface area contributed by atoms with E-state index in [-0.39, 0.29) is 12.1 Å². The zero-order chi connectivity index (χ0) is 26.2. The number of aromatic nitrogens is 4. The third-order valence-corrected chi connectivity index (χ3v) is 8.53. The average molecular weight is 537 g/mol. The monoisotopic (exact) mass is 536 g/mol. The van der Waals surface area contributed by atoms with Crippen molar-refractivity contribution in [1.29, 1.82) is 5.26 Å². The highest BCUT2D eigenvalue weighted by atomic mass is 35.5. The molecule has 1 unspecified atom stereocenters. The maximum absolute atomic E-state index is 9.25. The van der Waals surface area contributed by atoms with Crippen molar-refractivity contribution in [3.63, 3.8) is 0 Å². The van der Waals surface area contributed by atoms with Crippen molar-refractivity contribution in [1.82, 2.24) is 30.4 Å². The largest absolute Gasteiger partial charge is 0.469 e. The first-order chi connectivity index (χ1) is 18.5. The van der Waals surface area contributed by atoms with Gasteiger partial charge in [0.1, 0.15) is 18.5 Å². The van der Waals surface area contributed by atoms with Gasteiger partial charge in [0.15, 0.2) is 0 Å². The molecule has 0 bridgehead atoms. The van der Waals surface area contributed by atoms with Crippen LogP contribution in [0.1, 0.15) is 48.5 Å². The van der Waals surface area contributed by atoms with E-state index in [1.165, 1.54) is 6.42 Å². The molecule has 0 spiro atoms. The lowest BCUT2D eigenvalue weighted by atomic mass is 9.95. The van der Waals surface area contributed by atoms with Gasteiger partial charge in [-0.1, -0.05) is 11.6 Å². The van der Waals surface area contributed by atoms with E-state index in [0.717, 1.165) is 72.3 Å². The molecule has 3 aliphatic heterocycles. The first kappa shape index (κ1) is 25.2. The fourth-order valence-corrected chi connectivity index (χ4v) is 6.20. The van der Waals surface area contributed by atoms with Crippen LogP contribution in [0.15, 0.2) is 12.3 Å². The fraction of sp³-hybridized carbons (Fsp3) is 0.556. The highest BCUT2D eigenvalue weighted by molar-refractivity contribution is 6.33. The van der Waals surface area contributed by atoms with E-state index in [0.29, 0.717) is 42.5 Å². The number of likely N-dealkylation sites (N-methyl/N-ethyl adjacent to an activating group) is 1. The van der Waals surface area contributed by atoms with Gasteiger partial charge in [0, 0.05) is 42.7 Å². The second kappa shape index (κ2) is 10.6. The summed E-state index contributed by atoms with van der Waals surface area (Å²) >= 11 is 6.83. The van der Waals surface area contributed by atoms with Crippen LogP contribution >= 0.6 is 11.6 Å². The summed E-state index contributed by atoms with van der Waals surface area (Å²) in [5.74, 6) is 1.39. The van der Waals surface area contributed by atoms with E-state index in [2.05, 4.69) is 38.4 Å². The van der Waals surface area contributed by atoms with Gasteiger partial charge in [0.2, 0.25) is 5.88 Å². The highest BCUT2D eigenvalue weighted by Gasteiger charge is 2.33. The van der Waals surface area contributed by atoms with E-state index < -0.39 is 0 Å². The number of fused-ring (bicyclic) bond motifs is 2. The number of anilines is 1. The molecule has 38 heavy (non-hydrogen) atoms. The Labute approximate surface area is 227 Å². The molecule has 3 atom stereocenters. The zero-order valence-corrected chi connectivity index (χ0v) is 22.6. The Balaban J connectivity index is 1.34. The molecule has 0 amide bonds. The Kier molecular flexibility index (Phi) is 6.99. The summed E-state index contributed by atoms with van der Waals surface area (Å²) in [7, 11) is 2.13. The molecule has 10 nitrogen and oxygen atoms in total.